The molecule has 0 heterocycles. The predicted octanol–water partition coefficient (Wildman–Crippen LogP) is 5.89. The lowest BCUT2D eigenvalue weighted by atomic mass is 9.38. The van der Waals surface area contributed by atoms with Crippen LogP contribution in [0.5, 0.6) is 0 Å². The van der Waals surface area contributed by atoms with Crippen LogP contribution < -0.4 is 0 Å². The molecule has 5 rings (SSSR count). The van der Waals surface area contributed by atoms with E-state index in [-0.39, 0.29) is 6.51 Å². The van der Waals surface area contributed by atoms with Gasteiger partial charge in [0.15, 0.2) is 0 Å². The lowest BCUT2D eigenvalue weighted by Crippen LogP contribution is -2.57. The smallest absolute Gasteiger partial charge is 0.149 e. The van der Waals surface area contributed by atoms with Gasteiger partial charge in [-0.3, -0.25) is 0 Å². The Morgan fingerprint density at radius 3 is 1.92 bits per heavy atom. The number of aliphatic hydroxyl groups excluding tert-OH is 1. The van der Waals surface area contributed by atoms with E-state index in [0.717, 1.165) is 5.92 Å². The minimum atomic E-state index is -2.24. The van der Waals surface area contributed by atoms with Crippen LogP contribution in [0.2, 0.25) is 5.82 Å². The van der Waals surface area contributed by atoms with Gasteiger partial charge in [-0.05, 0) is 55.8 Å². The molecule has 4 heteroatoms. The Kier molecular flexibility index (Phi) is 5.71. The maximum atomic E-state index is 15.0. The molecule has 26 heavy (non-hydrogen) atoms. The second kappa shape index (κ2) is 7.59. The summed E-state index contributed by atoms with van der Waals surface area (Å²) < 4.78 is 15.0. The van der Waals surface area contributed by atoms with Gasteiger partial charge in [-0.15, -0.1) is 0 Å². The summed E-state index contributed by atoms with van der Waals surface area (Å²) >= 11 is 0. The van der Waals surface area contributed by atoms with Gasteiger partial charge in [0.25, 0.3) is 0 Å². The van der Waals surface area contributed by atoms with Crippen LogP contribution in [0.25, 0.3) is 0 Å². The van der Waals surface area contributed by atoms with Crippen LogP contribution in [0.1, 0.15) is 90.9 Å². The molecule has 0 spiro atoms. The molecule has 5 fully saturated rings. The third kappa shape index (κ3) is 3.08. The van der Waals surface area contributed by atoms with Crippen molar-refractivity contribution in [1.29, 1.82) is 0 Å². The molecule has 5 aliphatic rings. The van der Waals surface area contributed by atoms with E-state index in [1.54, 1.807) is 0 Å². The number of rotatable bonds is 5. The summed E-state index contributed by atoms with van der Waals surface area (Å²) in [6.07, 6.45) is 15.2. The molecule has 147 valence electrons. The molecular weight excluding hydrogens is 338 g/mol. The predicted molar refractivity (Wildman–Crippen MR) is 112 cm³/mol. The molecule has 2 bridgehead atoms. The highest BCUT2D eigenvalue weighted by molar-refractivity contribution is 7.66. The van der Waals surface area contributed by atoms with E-state index in [0.29, 0.717) is 34.1 Å². The molecule has 5 saturated carbocycles. The second-order valence-electron chi connectivity index (χ2n) is 10.5. The van der Waals surface area contributed by atoms with Gasteiger partial charge < -0.3 is 9.67 Å². The molecule has 0 amide bonds. The highest BCUT2D eigenvalue weighted by Gasteiger charge is 2.62. The van der Waals surface area contributed by atoms with Crippen molar-refractivity contribution in [2.75, 3.05) is 6.51 Å². The first-order valence-corrected chi connectivity index (χ1v) is 13.4. The number of hydrogen-bond acceptors (Lipinski definition) is 2. The van der Waals surface area contributed by atoms with Crippen LogP contribution in [0.15, 0.2) is 0 Å². The van der Waals surface area contributed by atoms with Gasteiger partial charge in [-0.25, -0.2) is 0 Å². The second-order valence-corrected chi connectivity index (χ2v) is 14.2. The Balaban J connectivity index is 1.67. The van der Waals surface area contributed by atoms with E-state index in [1.807, 2.05) is 0 Å². The summed E-state index contributed by atoms with van der Waals surface area (Å²) in [5.74, 6) is 1.81. The van der Waals surface area contributed by atoms with Gasteiger partial charge in [0.1, 0.15) is 7.28 Å². The lowest BCUT2D eigenvalue weighted by Gasteiger charge is -2.65. The van der Waals surface area contributed by atoms with E-state index in [9.17, 15) is 5.11 Å². The largest absolute Gasteiger partial charge is 0.405 e. The van der Waals surface area contributed by atoms with Crippen LogP contribution in [0.3, 0.4) is 0 Å². The van der Waals surface area contributed by atoms with E-state index in [1.165, 1.54) is 77.0 Å². The van der Waals surface area contributed by atoms with Crippen LogP contribution >= 0.6 is 7.14 Å². The summed E-state index contributed by atoms with van der Waals surface area (Å²) in [5, 5.41) is 9.78. The third-order valence-corrected chi connectivity index (χ3v) is 14.1. The summed E-state index contributed by atoms with van der Waals surface area (Å²) in [6.45, 7) is 5.01. The van der Waals surface area contributed by atoms with Crippen LogP contribution in [-0.2, 0) is 4.57 Å². The van der Waals surface area contributed by atoms with Crippen molar-refractivity contribution in [3.05, 3.63) is 0 Å². The molecule has 1 radical (unpaired) electrons. The van der Waals surface area contributed by atoms with Crippen molar-refractivity contribution in [3.63, 3.8) is 0 Å². The van der Waals surface area contributed by atoms with Gasteiger partial charge in [0.2, 0.25) is 0 Å². The molecule has 2 nitrogen and oxygen atoms in total. The average molecular weight is 377 g/mol. The number of hydrogen-bond donors (Lipinski definition) is 1. The minimum absolute atomic E-state index is 0.160. The molecule has 5 aliphatic carbocycles. The monoisotopic (exact) mass is 377 g/mol. The summed E-state index contributed by atoms with van der Waals surface area (Å²) in [7, 11) is -0.0657. The highest BCUT2D eigenvalue weighted by Crippen LogP contribution is 2.76. The normalized spacial score (nSPS) is 38.6. The van der Waals surface area contributed by atoms with Crippen molar-refractivity contribution in [3.8, 4) is 0 Å². The van der Waals surface area contributed by atoms with Crippen molar-refractivity contribution >= 4 is 14.4 Å². The molecule has 1 N–H and O–H groups in total. The average Bonchev–Trinajstić information content (AvgIpc) is 2.68. The Morgan fingerprint density at radius 1 is 0.923 bits per heavy atom. The lowest BCUT2D eigenvalue weighted by molar-refractivity contribution is -0.0634. The first-order valence-electron chi connectivity index (χ1n) is 11.5. The van der Waals surface area contributed by atoms with Crippen molar-refractivity contribution in [2.45, 2.75) is 114 Å². The summed E-state index contributed by atoms with van der Waals surface area (Å²) in [4.78, 5) is 0. The summed E-state index contributed by atoms with van der Waals surface area (Å²) in [5.41, 5.74) is 1.77. The first kappa shape index (κ1) is 19.6. The Labute approximate surface area is 161 Å². The van der Waals surface area contributed by atoms with Gasteiger partial charge in [-0.2, -0.15) is 0 Å². The molecule has 2 unspecified atom stereocenters. The zero-order valence-corrected chi connectivity index (χ0v) is 17.9. The van der Waals surface area contributed by atoms with E-state index >= 15 is 4.57 Å². The molecule has 0 aliphatic heterocycles. The Morgan fingerprint density at radius 2 is 1.46 bits per heavy atom. The van der Waals surface area contributed by atoms with Gasteiger partial charge in [0, 0.05) is 23.5 Å². The van der Waals surface area contributed by atoms with Crippen LogP contribution in [0, 0.1) is 17.3 Å². The van der Waals surface area contributed by atoms with Gasteiger partial charge in [0.05, 0.1) is 7.14 Å². The fourth-order valence-corrected chi connectivity index (χ4v) is 13.0. The SMILES string of the molecule is CC1(C)C2CC1[C@@H]([B]CO)[C@H](P(=O)(C1CCCCC1)C1CCCCC1)C2. The molecular formula is C22H39BO2P. The van der Waals surface area contributed by atoms with Crippen LogP contribution in [-0.4, -0.2) is 35.9 Å². The molecule has 0 saturated heterocycles. The Bertz CT molecular complexity index is 514. The standard InChI is InChI=1S/C22H39BO2P/c1-22(2)16-13-19(22)21(23-15-24)20(14-16)26(25,17-9-5-3-6-10-17)18-11-7-4-8-12-18/h16-21,24H,3-15H2,1-2H3/t16?,19?,20-,21-/m1/s1. The van der Waals surface area contributed by atoms with Crippen LogP contribution in [0.4, 0.5) is 0 Å². The fourth-order valence-electron chi connectivity index (χ4n) is 7.51. The molecule has 0 aromatic carbocycles. The van der Waals surface area contributed by atoms with Crippen molar-refractivity contribution in [2.24, 2.45) is 17.3 Å². The van der Waals surface area contributed by atoms with E-state index in [4.69, 9.17) is 0 Å². The molecule has 0 aromatic rings. The zero-order chi connectivity index (χ0) is 18.4. The minimum Gasteiger partial charge on any atom is -0.405 e. The Hall–Kier alpha value is 0.255. The van der Waals surface area contributed by atoms with Gasteiger partial charge in [-0.1, -0.05) is 58.2 Å². The maximum Gasteiger partial charge on any atom is 0.149 e. The highest BCUT2D eigenvalue weighted by atomic mass is 31.2. The maximum absolute atomic E-state index is 15.0. The van der Waals surface area contributed by atoms with Gasteiger partial charge >= 0.3 is 0 Å². The van der Waals surface area contributed by atoms with E-state index < -0.39 is 7.14 Å². The number of fused-ring (bicyclic) bond motifs is 2. The number of aliphatic hydroxyl groups is 1. The zero-order valence-electron chi connectivity index (χ0n) is 17.0. The molecule has 0 aromatic heterocycles. The van der Waals surface area contributed by atoms with Crippen molar-refractivity contribution in [1.82, 2.24) is 0 Å². The fraction of sp³-hybridized carbons (Fsp3) is 1.00. The summed E-state index contributed by atoms with van der Waals surface area (Å²) in [6, 6.07) is 0. The topological polar surface area (TPSA) is 37.3 Å². The first-order chi connectivity index (χ1) is 12.5. The quantitative estimate of drug-likeness (QED) is 0.479. The van der Waals surface area contributed by atoms with E-state index in [2.05, 4.69) is 21.1 Å². The van der Waals surface area contributed by atoms with Crippen molar-refractivity contribution < 1.29 is 9.67 Å². The molecule has 4 atom stereocenters. The third-order valence-electron chi connectivity index (χ3n) is 9.17.